The molecule has 21 heavy (non-hydrogen) atoms. The molecule has 1 unspecified atom stereocenters. The summed E-state index contributed by atoms with van der Waals surface area (Å²) in [5.41, 5.74) is 7.75. The van der Waals surface area contributed by atoms with E-state index in [-0.39, 0.29) is 6.04 Å². The fourth-order valence-corrected chi connectivity index (χ4v) is 2.62. The average Bonchev–Trinajstić information content (AvgIpc) is 2.86. The quantitative estimate of drug-likeness (QED) is 0.634. The van der Waals surface area contributed by atoms with Crippen LogP contribution in [0.2, 0.25) is 0 Å². The first-order valence-electron chi connectivity index (χ1n) is 7.64. The van der Waals surface area contributed by atoms with Crippen molar-refractivity contribution in [1.29, 1.82) is 0 Å². The third-order valence-corrected chi connectivity index (χ3v) is 3.88. The van der Waals surface area contributed by atoms with Gasteiger partial charge in [-0.3, -0.25) is 16.0 Å². The van der Waals surface area contributed by atoms with Crippen LogP contribution in [-0.4, -0.2) is 9.78 Å². The summed E-state index contributed by atoms with van der Waals surface area (Å²) in [5, 5.41) is 4.50. The maximum Gasteiger partial charge on any atom is 0.0669 e. The summed E-state index contributed by atoms with van der Waals surface area (Å²) in [6, 6.07) is 11.0. The third-order valence-electron chi connectivity index (χ3n) is 3.88. The van der Waals surface area contributed by atoms with Crippen LogP contribution in [0.15, 0.2) is 30.3 Å². The molecule has 3 N–H and O–H groups in total. The summed E-state index contributed by atoms with van der Waals surface area (Å²) in [4.78, 5) is 0. The van der Waals surface area contributed by atoms with E-state index in [9.17, 15) is 0 Å². The molecule has 4 nitrogen and oxygen atoms in total. The lowest BCUT2D eigenvalue weighted by Gasteiger charge is -2.17. The lowest BCUT2D eigenvalue weighted by molar-refractivity contribution is 0.490. The molecule has 0 aliphatic carbocycles. The van der Waals surface area contributed by atoms with Crippen LogP contribution in [0.3, 0.4) is 0 Å². The highest BCUT2D eigenvalue weighted by molar-refractivity contribution is 5.26. The highest BCUT2D eigenvalue weighted by Gasteiger charge is 2.16. The lowest BCUT2D eigenvalue weighted by atomic mass is 9.98. The van der Waals surface area contributed by atoms with Gasteiger partial charge in [-0.1, -0.05) is 38.1 Å². The predicted octanol–water partition coefficient (Wildman–Crippen LogP) is 3.08. The van der Waals surface area contributed by atoms with Crippen molar-refractivity contribution in [1.82, 2.24) is 15.2 Å². The van der Waals surface area contributed by atoms with Crippen LogP contribution < -0.4 is 11.3 Å². The van der Waals surface area contributed by atoms with Gasteiger partial charge in [-0.2, -0.15) is 5.10 Å². The Hall–Kier alpha value is -1.65. The summed E-state index contributed by atoms with van der Waals surface area (Å²) < 4.78 is 2.02. The minimum atomic E-state index is 0.0797. The molecule has 1 aromatic carbocycles. The molecule has 1 heterocycles. The minimum absolute atomic E-state index is 0.0797. The first-order chi connectivity index (χ1) is 10.0. The Morgan fingerprint density at radius 2 is 1.90 bits per heavy atom. The SMILES string of the molecule is CCn1nc(C)cc1C(Cc1ccc(C(C)C)cc1)NN. The molecule has 0 amide bonds. The van der Waals surface area contributed by atoms with Gasteiger partial charge in [0.25, 0.3) is 0 Å². The average molecular weight is 286 g/mol. The van der Waals surface area contributed by atoms with Crippen molar-refractivity contribution >= 4 is 0 Å². The normalized spacial score (nSPS) is 12.9. The first-order valence-corrected chi connectivity index (χ1v) is 7.64. The number of nitrogens with two attached hydrogens (primary N) is 1. The number of aromatic nitrogens is 2. The molecule has 0 saturated carbocycles. The van der Waals surface area contributed by atoms with Gasteiger partial charge in [-0.15, -0.1) is 0 Å². The van der Waals surface area contributed by atoms with Gasteiger partial charge in [0.15, 0.2) is 0 Å². The van der Waals surface area contributed by atoms with E-state index in [0.29, 0.717) is 5.92 Å². The van der Waals surface area contributed by atoms with Crippen LogP contribution in [0.1, 0.15) is 55.2 Å². The number of nitrogens with zero attached hydrogens (tertiary/aromatic N) is 2. The molecule has 0 fully saturated rings. The summed E-state index contributed by atoms with van der Waals surface area (Å²) in [7, 11) is 0. The van der Waals surface area contributed by atoms with E-state index in [4.69, 9.17) is 5.84 Å². The van der Waals surface area contributed by atoms with Crippen molar-refractivity contribution < 1.29 is 0 Å². The number of hydrazine groups is 1. The van der Waals surface area contributed by atoms with Gasteiger partial charge in [0.1, 0.15) is 0 Å². The smallest absolute Gasteiger partial charge is 0.0669 e. The van der Waals surface area contributed by atoms with Crippen LogP contribution in [0.5, 0.6) is 0 Å². The molecule has 1 aromatic heterocycles. The van der Waals surface area contributed by atoms with Crippen LogP contribution in [0, 0.1) is 6.92 Å². The zero-order chi connectivity index (χ0) is 15.4. The molecule has 114 valence electrons. The lowest BCUT2D eigenvalue weighted by Crippen LogP contribution is -2.31. The molecule has 2 rings (SSSR count). The Morgan fingerprint density at radius 1 is 1.24 bits per heavy atom. The Morgan fingerprint density at radius 3 is 2.43 bits per heavy atom. The summed E-state index contributed by atoms with van der Waals surface area (Å²) in [6.45, 7) is 9.39. The van der Waals surface area contributed by atoms with Crippen LogP contribution >= 0.6 is 0 Å². The second kappa shape index (κ2) is 6.87. The number of nitrogens with one attached hydrogen (secondary N) is 1. The Bertz CT molecular complexity index is 569. The van der Waals surface area contributed by atoms with Crippen molar-refractivity contribution in [3.63, 3.8) is 0 Å². The van der Waals surface area contributed by atoms with Crippen molar-refractivity contribution in [3.8, 4) is 0 Å². The van der Waals surface area contributed by atoms with E-state index in [1.54, 1.807) is 0 Å². The highest BCUT2D eigenvalue weighted by atomic mass is 15.3. The zero-order valence-electron chi connectivity index (χ0n) is 13.4. The number of hydrogen-bond acceptors (Lipinski definition) is 3. The molecule has 4 heteroatoms. The van der Waals surface area contributed by atoms with Gasteiger partial charge in [-0.25, -0.2) is 0 Å². The van der Waals surface area contributed by atoms with Gasteiger partial charge >= 0.3 is 0 Å². The molecule has 0 spiro atoms. The maximum atomic E-state index is 5.77. The van der Waals surface area contributed by atoms with Gasteiger partial charge in [0.05, 0.1) is 17.4 Å². The van der Waals surface area contributed by atoms with E-state index < -0.39 is 0 Å². The van der Waals surface area contributed by atoms with E-state index >= 15 is 0 Å². The largest absolute Gasteiger partial charge is 0.271 e. The second-order valence-corrected chi connectivity index (χ2v) is 5.85. The molecular formula is C17H26N4. The molecule has 0 bridgehead atoms. The third kappa shape index (κ3) is 3.71. The Balaban J connectivity index is 2.18. The van der Waals surface area contributed by atoms with Crippen molar-refractivity contribution in [3.05, 3.63) is 52.8 Å². The fourth-order valence-electron chi connectivity index (χ4n) is 2.62. The molecule has 1 atom stereocenters. The summed E-state index contributed by atoms with van der Waals surface area (Å²) >= 11 is 0. The monoisotopic (exact) mass is 286 g/mol. The number of benzene rings is 1. The molecule has 0 aliphatic rings. The molecule has 0 saturated heterocycles. The number of rotatable bonds is 6. The van der Waals surface area contributed by atoms with Crippen molar-refractivity contribution in [2.24, 2.45) is 5.84 Å². The molecular weight excluding hydrogens is 260 g/mol. The highest BCUT2D eigenvalue weighted by Crippen LogP contribution is 2.21. The van der Waals surface area contributed by atoms with E-state index in [2.05, 4.69) is 61.6 Å². The fraction of sp³-hybridized carbons (Fsp3) is 0.471. The number of aryl methyl sites for hydroxylation is 2. The summed E-state index contributed by atoms with van der Waals surface area (Å²) in [6.07, 6.45) is 0.861. The van der Waals surface area contributed by atoms with E-state index in [1.165, 1.54) is 11.1 Å². The van der Waals surface area contributed by atoms with Crippen LogP contribution in [-0.2, 0) is 13.0 Å². The Kier molecular flexibility index (Phi) is 5.15. The predicted molar refractivity (Wildman–Crippen MR) is 86.9 cm³/mol. The van der Waals surface area contributed by atoms with E-state index in [0.717, 1.165) is 24.4 Å². The summed E-state index contributed by atoms with van der Waals surface area (Å²) in [5.74, 6) is 6.33. The molecule has 0 aliphatic heterocycles. The first kappa shape index (κ1) is 15.7. The van der Waals surface area contributed by atoms with Gasteiger partial charge < -0.3 is 0 Å². The molecule has 2 aromatic rings. The standard InChI is InChI=1S/C17H26N4/c1-5-21-17(10-13(4)20-21)16(19-18)11-14-6-8-15(9-7-14)12(2)3/h6-10,12,16,19H,5,11,18H2,1-4H3. The van der Waals surface area contributed by atoms with Gasteiger partial charge in [0.2, 0.25) is 0 Å². The minimum Gasteiger partial charge on any atom is -0.271 e. The topological polar surface area (TPSA) is 55.9 Å². The second-order valence-electron chi connectivity index (χ2n) is 5.85. The Labute approximate surface area is 127 Å². The van der Waals surface area contributed by atoms with Gasteiger partial charge in [0, 0.05) is 6.54 Å². The zero-order valence-corrected chi connectivity index (χ0v) is 13.4. The maximum absolute atomic E-state index is 5.77. The number of hydrogen-bond donors (Lipinski definition) is 2. The van der Waals surface area contributed by atoms with Crippen molar-refractivity contribution in [2.45, 2.75) is 52.6 Å². The van der Waals surface area contributed by atoms with Crippen LogP contribution in [0.4, 0.5) is 0 Å². The van der Waals surface area contributed by atoms with Crippen LogP contribution in [0.25, 0.3) is 0 Å². The van der Waals surface area contributed by atoms with Crippen molar-refractivity contribution in [2.75, 3.05) is 0 Å². The molecule has 0 radical (unpaired) electrons. The van der Waals surface area contributed by atoms with Gasteiger partial charge in [-0.05, 0) is 43.4 Å². The van der Waals surface area contributed by atoms with E-state index in [1.807, 2.05) is 11.6 Å².